The highest BCUT2D eigenvalue weighted by molar-refractivity contribution is 7.47. The van der Waals surface area contributed by atoms with Gasteiger partial charge in [-0.1, -0.05) is 305 Å². The Kier molecular flexibility index (Phi) is 60.8. The van der Waals surface area contributed by atoms with Crippen LogP contribution in [-0.2, 0) is 65.4 Å². The van der Waals surface area contributed by atoms with Crippen molar-refractivity contribution in [2.24, 2.45) is 11.8 Å². The second-order valence-corrected chi connectivity index (χ2v) is 28.9. The highest BCUT2D eigenvalue weighted by Gasteiger charge is 2.30. The van der Waals surface area contributed by atoms with Crippen molar-refractivity contribution < 1.29 is 80.2 Å². The third-order valence-electron chi connectivity index (χ3n) is 16.6. The fraction of sp³-hybridized carbons (Fsp3) is 0.943. The SMILES string of the molecule is CCCCCCCCCCCCCCCCC(=O)O[C@H](COC(=O)CCCCCCCCCCC(C)CC)COP(=O)(O)OC[C@@H](O)COP(=O)(O)OC[C@@H](COC(=O)CCCCCCCCCCC(C)C)OC(=O)CCCCCCCCCCCCCC. The lowest BCUT2D eigenvalue weighted by molar-refractivity contribution is -0.161. The molecule has 3 unspecified atom stereocenters. The number of hydrogen-bond acceptors (Lipinski definition) is 15. The standard InChI is InChI=1S/C70H136O17P2/c1-7-10-12-14-16-18-20-22-23-25-27-37-43-49-55-70(75)87-66(59-81-68(73)53-47-41-35-31-29-33-39-45-51-63(6)9-3)61-85-89(78,79)83-57-64(71)56-82-88(76,77)84-60-65(58-80-67(72)52-46-40-34-30-28-32-38-44-50-62(4)5)86-69(74)54-48-42-36-26-24-21-19-17-15-13-11-8-2/h62-66,71H,7-61H2,1-6H3,(H,76,77)(H,78,79)/t63?,64-,65+,66+/m0/s1. The van der Waals surface area contributed by atoms with Gasteiger partial charge >= 0.3 is 39.5 Å². The van der Waals surface area contributed by atoms with E-state index in [1.54, 1.807) is 0 Å². The van der Waals surface area contributed by atoms with E-state index in [0.717, 1.165) is 102 Å². The van der Waals surface area contributed by atoms with Crippen molar-refractivity contribution in [1.29, 1.82) is 0 Å². The molecule has 0 rings (SSSR count). The van der Waals surface area contributed by atoms with E-state index in [2.05, 4.69) is 41.5 Å². The third-order valence-corrected chi connectivity index (χ3v) is 18.5. The predicted octanol–water partition coefficient (Wildman–Crippen LogP) is 20.0. The molecule has 0 radical (unpaired) electrons. The number of phosphoric ester groups is 2. The molecule has 89 heavy (non-hydrogen) atoms. The van der Waals surface area contributed by atoms with E-state index in [-0.39, 0.29) is 25.7 Å². The van der Waals surface area contributed by atoms with Crippen LogP contribution in [0, 0.1) is 11.8 Å². The van der Waals surface area contributed by atoms with E-state index in [4.69, 9.17) is 37.0 Å². The van der Waals surface area contributed by atoms with Gasteiger partial charge in [0.05, 0.1) is 26.4 Å². The van der Waals surface area contributed by atoms with Gasteiger partial charge in [-0.25, -0.2) is 9.13 Å². The summed E-state index contributed by atoms with van der Waals surface area (Å²) in [5, 5.41) is 10.6. The number of aliphatic hydroxyl groups excluding tert-OH is 1. The first-order valence-corrected chi connectivity index (χ1v) is 39.5. The summed E-state index contributed by atoms with van der Waals surface area (Å²) in [6, 6.07) is 0. The number of aliphatic hydroxyl groups is 1. The summed E-state index contributed by atoms with van der Waals surface area (Å²) in [6.07, 6.45) is 47.0. The molecule has 0 heterocycles. The molecule has 0 amide bonds. The van der Waals surface area contributed by atoms with Crippen LogP contribution in [0.4, 0.5) is 0 Å². The number of esters is 4. The van der Waals surface area contributed by atoms with Gasteiger partial charge in [0.25, 0.3) is 0 Å². The van der Waals surface area contributed by atoms with E-state index in [1.807, 2.05) is 0 Å². The number of unbranched alkanes of at least 4 members (excludes halogenated alkanes) is 38. The lowest BCUT2D eigenvalue weighted by atomic mass is 9.99. The Morgan fingerprint density at radius 1 is 0.326 bits per heavy atom. The highest BCUT2D eigenvalue weighted by Crippen LogP contribution is 2.45. The van der Waals surface area contributed by atoms with Crippen LogP contribution < -0.4 is 0 Å². The summed E-state index contributed by atoms with van der Waals surface area (Å²) in [4.78, 5) is 72.5. The molecule has 17 nitrogen and oxygen atoms in total. The fourth-order valence-electron chi connectivity index (χ4n) is 10.6. The first kappa shape index (κ1) is 87.1. The average Bonchev–Trinajstić information content (AvgIpc) is 3.63. The Balaban J connectivity index is 5.26. The van der Waals surface area contributed by atoms with Gasteiger partial charge in [-0.15, -0.1) is 0 Å². The lowest BCUT2D eigenvalue weighted by Crippen LogP contribution is -2.30. The molecule has 0 aliphatic heterocycles. The molecule has 0 aromatic heterocycles. The van der Waals surface area contributed by atoms with Crippen LogP contribution in [0.25, 0.3) is 0 Å². The van der Waals surface area contributed by atoms with Gasteiger partial charge in [-0.2, -0.15) is 0 Å². The van der Waals surface area contributed by atoms with E-state index in [0.29, 0.717) is 25.7 Å². The summed E-state index contributed by atoms with van der Waals surface area (Å²) in [6.45, 7) is 9.52. The van der Waals surface area contributed by atoms with Crippen LogP contribution >= 0.6 is 15.6 Å². The molecule has 0 fully saturated rings. The smallest absolute Gasteiger partial charge is 0.462 e. The summed E-state index contributed by atoms with van der Waals surface area (Å²) in [7, 11) is -9.90. The predicted molar refractivity (Wildman–Crippen MR) is 358 cm³/mol. The van der Waals surface area contributed by atoms with Crippen molar-refractivity contribution in [2.45, 2.75) is 374 Å². The Hall–Kier alpha value is -1.94. The second kappa shape index (κ2) is 62.2. The minimum atomic E-state index is -4.95. The van der Waals surface area contributed by atoms with Crippen molar-refractivity contribution in [3.05, 3.63) is 0 Å². The van der Waals surface area contributed by atoms with Crippen LogP contribution in [0.15, 0.2) is 0 Å². The van der Waals surface area contributed by atoms with Crippen molar-refractivity contribution in [3.8, 4) is 0 Å². The number of ether oxygens (including phenoxy) is 4. The summed E-state index contributed by atoms with van der Waals surface area (Å²) in [5.74, 6) is -0.618. The van der Waals surface area contributed by atoms with E-state index >= 15 is 0 Å². The number of carbonyl (C=O) groups excluding carboxylic acids is 4. The second-order valence-electron chi connectivity index (χ2n) is 26.0. The molecular weight excluding hydrogens is 1170 g/mol. The van der Waals surface area contributed by atoms with E-state index < -0.39 is 97.5 Å². The first-order valence-electron chi connectivity index (χ1n) is 36.5. The Bertz CT molecular complexity index is 1740. The Morgan fingerprint density at radius 2 is 0.573 bits per heavy atom. The van der Waals surface area contributed by atoms with Crippen molar-refractivity contribution in [3.63, 3.8) is 0 Å². The number of phosphoric acid groups is 2. The summed E-state index contributed by atoms with van der Waals surface area (Å²) < 4.78 is 68.3. The largest absolute Gasteiger partial charge is 0.472 e. The van der Waals surface area contributed by atoms with Gasteiger partial charge in [-0.05, 0) is 37.5 Å². The maximum Gasteiger partial charge on any atom is 0.472 e. The molecule has 19 heteroatoms. The lowest BCUT2D eigenvalue weighted by Gasteiger charge is -2.21. The molecule has 0 bridgehead atoms. The first-order chi connectivity index (χ1) is 42.9. The zero-order valence-corrected chi connectivity index (χ0v) is 59.5. The molecule has 3 N–H and O–H groups in total. The fourth-order valence-corrected chi connectivity index (χ4v) is 12.1. The molecule has 6 atom stereocenters. The highest BCUT2D eigenvalue weighted by atomic mass is 31.2. The zero-order chi connectivity index (χ0) is 65.7. The minimum Gasteiger partial charge on any atom is -0.462 e. The van der Waals surface area contributed by atoms with Crippen LogP contribution in [0.2, 0.25) is 0 Å². The molecule has 0 aromatic rings. The molecule has 0 aliphatic rings. The van der Waals surface area contributed by atoms with Gasteiger partial charge in [0.2, 0.25) is 0 Å². The van der Waals surface area contributed by atoms with Gasteiger partial charge in [0.1, 0.15) is 19.3 Å². The molecule has 0 aromatic carbocycles. The molecule has 0 saturated heterocycles. The van der Waals surface area contributed by atoms with Crippen molar-refractivity contribution in [1.82, 2.24) is 0 Å². The quantitative estimate of drug-likeness (QED) is 0.0222. The van der Waals surface area contributed by atoms with Crippen molar-refractivity contribution >= 4 is 39.5 Å². The maximum absolute atomic E-state index is 13.0. The third kappa shape index (κ3) is 63.2. The molecule has 0 aliphatic carbocycles. The van der Waals surface area contributed by atoms with Crippen molar-refractivity contribution in [2.75, 3.05) is 39.6 Å². The molecular formula is C70H136O17P2. The van der Waals surface area contributed by atoms with Crippen LogP contribution in [0.1, 0.15) is 356 Å². The zero-order valence-electron chi connectivity index (χ0n) is 57.7. The maximum atomic E-state index is 13.0. The summed E-state index contributed by atoms with van der Waals surface area (Å²) >= 11 is 0. The van der Waals surface area contributed by atoms with Crippen LogP contribution in [0.3, 0.4) is 0 Å². The summed E-state index contributed by atoms with van der Waals surface area (Å²) in [5.41, 5.74) is 0. The number of rotatable bonds is 69. The number of carbonyl (C=O) groups is 4. The Labute approximate surface area is 543 Å². The normalized spacial score (nSPS) is 14.4. The van der Waals surface area contributed by atoms with Gasteiger partial charge in [0, 0.05) is 25.7 Å². The molecule has 0 spiro atoms. The monoisotopic (exact) mass is 1310 g/mol. The van der Waals surface area contributed by atoms with Crippen LogP contribution in [-0.4, -0.2) is 96.7 Å². The minimum absolute atomic E-state index is 0.107. The van der Waals surface area contributed by atoms with Crippen LogP contribution in [0.5, 0.6) is 0 Å². The topological polar surface area (TPSA) is 237 Å². The molecule has 0 saturated carbocycles. The van der Waals surface area contributed by atoms with Gasteiger partial charge in [-0.3, -0.25) is 37.3 Å². The van der Waals surface area contributed by atoms with Gasteiger partial charge in [0.15, 0.2) is 12.2 Å². The Morgan fingerprint density at radius 3 is 0.854 bits per heavy atom. The molecule has 528 valence electrons. The van der Waals surface area contributed by atoms with Gasteiger partial charge < -0.3 is 33.8 Å². The number of hydrogen-bond donors (Lipinski definition) is 3. The average molecular weight is 1310 g/mol. The van der Waals surface area contributed by atoms with E-state index in [9.17, 15) is 43.2 Å². The van der Waals surface area contributed by atoms with E-state index in [1.165, 1.54) is 173 Å².